The Kier molecular flexibility index (Phi) is 4.03. The molecule has 1 aromatic rings. The van der Waals surface area contributed by atoms with Crippen LogP contribution in [0.2, 0.25) is 0 Å². The van der Waals surface area contributed by atoms with E-state index in [4.69, 9.17) is 5.10 Å². The van der Waals surface area contributed by atoms with Crippen LogP contribution in [-0.4, -0.2) is 21.0 Å². The van der Waals surface area contributed by atoms with Crippen molar-refractivity contribution in [3.8, 4) is 0 Å². The fraction of sp³-hybridized carbons (Fsp3) is 0.824. The lowest BCUT2D eigenvalue weighted by molar-refractivity contribution is 0.0661. The van der Waals surface area contributed by atoms with Gasteiger partial charge in [0.2, 0.25) is 0 Å². The molecule has 0 radical (unpaired) electrons. The molecular formula is C17H30N2O. The van der Waals surface area contributed by atoms with Gasteiger partial charge in [0.25, 0.3) is 0 Å². The van der Waals surface area contributed by atoms with Crippen LogP contribution >= 0.6 is 0 Å². The highest BCUT2D eigenvalue weighted by Crippen LogP contribution is 2.35. The van der Waals surface area contributed by atoms with Crippen molar-refractivity contribution in [2.45, 2.75) is 90.2 Å². The third-order valence-electron chi connectivity index (χ3n) is 4.28. The van der Waals surface area contributed by atoms with Crippen molar-refractivity contribution in [2.75, 3.05) is 0 Å². The van der Waals surface area contributed by atoms with Gasteiger partial charge in [-0.3, -0.25) is 4.68 Å². The number of aliphatic hydroxyl groups excluding tert-OH is 1. The molecule has 3 heteroatoms. The quantitative estimate of drug-likeness (QED) is 0.844. The predicted molar refractivity (Wildman–Crippen MR) is 83.1 cm³/mol. The van der Waals surface area contributed by atoms with E-state index >= 15 is 0 Å². The maximum absolute atomic E-state index is 10.4. The van der Waals surface area contributed by atoms with Gasteiger partial charge in [-0.05, 0) is 18.9 Å². The van der Waals surface area contributed by atoms with Gasteiger partial charge in [0.1, 0.15) is 0 Å². The van der Waals surface area contributed by atoms with Gasteiger partial charge in [0, 0.05) is 16.5 Å². The van der Waals surface area contributed by atoms with E-state index in [1.54, 1.807) is 0 Å². The molecule has 0 amide bonds. The summed E-state index contributed by atoms with van der Waals surface area (Å²) in [5.41, 5.74) is 2.46. The van der Waals surface area contributed by atoms with Gasteiger partial charge in [0.15, 0.2) is 0 Å². The van der Waals surface area contributed by atoms with Crippen LogP contribution in [0, 0.1) is 0 Å². The largest absolute Gasteiger partial charge is 0.391 e. The summed E-state index contributed by atoms with van der Waals surface area (Å²) in [7, 11) is 0. The van der Waals surface area contributed by atoms with E-state index in [9.17, 15) is 5.11 Å². The second-order valence-electron chi connectivity index (χ2n) is 8.28. The first kappa shape index (κ1) is 15.6. The molecule has 1 fully saturated rings. The lowest BCUT2D eigenvalue weighted by Gasteiger charge is -2.32. The van der Waals surface area contributed by atoms with E-state index in [-0.39, 0.29) is 23.0 Å². The summed E-state index contributed by atoms with van der Waals surface area (Å²) >= 11 is 0. The molecule has 1 aromatic heterocycles. The summed E-state index contributed by atoms with van der Waals surface area (Å²) in [5.74, 6) is 0. The van der Waals surface area contributed by atoms with Crippen molar-refractivity contribution in [1.29, 1.82) is 0 Å². The Bertz CT molecular complexity index is 462. The maximum atomic E-state index is 10.4. The fourth-order valence-corrected chi connectivity index (χ4v) is 2.95. The number of aromatic nitrogens is 2. The van der Waals surface area contributed by atoms with E-state index in [1.807, 2.05) is 0 Å². The zero-order chi connectivity index (χ0) is 15.1. The van der Waals surface area contributed by atoms with Gasteiger partial charge in [0.05, 0.1) is 17.8 Å². The molecule has 2 atom stereocenters. The molecule has 2 unspecified atom stereocenters. The van der Waals surface area contributed by atoms with Crippen LogP contribution in [0.4, 0.5) is 0 Å². The van der Waals surface area contributed by atoms with E-state index < -0.39 is 0 Å². The van der Waals surface area contributed by atoms with E-state index in [0.29, 0.717) is 0 Å². The molecule has 0 aromatic carbocycles. The molecule has 1 heterocycles. The Labute approximate surface area is 123 Å². The third-order valence-corrected chi connectivity index (χ3v) is 4.28. The number of hydrogen-bond donors (Lipinski definition) is 1. The summed E-state index contributed by atoms with van der Waals surface area (Å²) in [6, 6.07) is 2.38. The number of hydrogen-bond acceptors (Lipinski definition) is 2. The average Bonchev–Trinajstić information content (AvgIpc) is 2.73. The fourth-order valence-electron chi connectivity index (χ4n) is 2.95. The highest BCUT2D eigenvalue weighted by Gasteiger charge is 2.32. The molecule has 1 N–H and O–H groups in total. The molecule has 0 saturated heterocycles. The van der Waals surface area contributed by atoms with Crippen molar-refractivity contribution < 1.29 is 5.11 Å². The Balaban J connectivity index is 2.47. The molecule has 20 heavy (non-hydrogen) atoms. The van der Waals surface area contributed by atoms with E-state index in [1.165, 1.54) is 12.1 Å². The second-order valence-corrected chi connectivity index (χ2v) is 8.28. The third kappa shape index (κ3) is 3.08. The molecule has 1 aliphatic rings. The van der Waals surface area contributed by atoms with Crippen molar-refractivity contribution in [3.63, 3.8) is 0 Å². The molecule has 1 aliphatic carbocycles. The first-order valence-corrected chi connectivity index (χ1v) is 7.89. The Hall–Kier alpha value is -0.830. The second kappa shape index (κ2) is 5.18. The van der Waals surface area contributed by atoms with Gasteiger partial charge in [-0.1, -0.05) is 54.4 Å². The molecule has 114 valence electrons. The summed E-state index contributed by atoms with van der Waals surface area (Å²) in [5, 5.41) is 15.2. The van der Waals surface area contributed by atoms with Crippen LogP contribution in [0.5, 0.6) is 0 Å². The molecule has 1 saturated carbocycles. The van der Waals surface area contributed by atoms with Crippen molar-refractivity contribution in [2.24, 2.45) is 0 Å². The Morgan fingerprint density at radius 1 is 1.05 bits per heavy atom. The molecular weight excluding hydrogens is 248 g/mol. The lowest BCUT2D eigenvalue weighted by Crippen LogP contribution is -2.32. The minimum atomic E-state index is -0.252. The van der Waals surface area contributed by atoms with E-state index in [2.05, 4.69) is 52.3 Å². The first-order chi connectivity index (χ1) is 9.10. The molecule has 0 bridgehead atoms. The summed E-state index contributed by atoms with van der Waals surface area (Å²) < 4.78 is 2.13. The lowest BCUT2D eigenvalue weighted by atomic mass is 9.87. The van der Waals surface area contributed by atoms with Gasteiger partial charge >= 0.3 is 0 Å². The van der Waals surface area contributed by atoms with Crippen LogP contribution in [0.3, 0.4) is 0 Å². The maximum Gasteiger partial charge on any atom is 0.0781 e. The van der Waals surface area contributed by atoms with Crippen LogP contribution in [0.15, 0.2) is 6.07 Å². The number of rotatable bonds is 1. The normalized spacial score (nSPS) is 24.9. The smallest absolute Gasteiger partial charge is 0.0781 e. The predicted octanol–water partition coefficient (Wildman–Crippen LogP) is 3.95. The Morgan fingerprint density at radius 2 is 1.65 bits per heavy atom. The van der Waals surface area contributed by atoms with Crippen LogP contribution in [-0.2, 0) is 10.8 Å². The highest BCUT2D eigenvalue weighted by atomic mass is 16.3. The molecule has 0 aliphatic heterocycles. The highest BCUT2D eigenvalue weighted by molar-refractivity contribution is 5.23. The minimum Gasteiger partial charge on any atom is -0.391 e. The summed E-state index contributed by atoms with van der Waals surface area (Å²) in [4.78, 5) is 0. The van der Waals surface area contributed by atoms with Gasteiger partial charge in [-0.15, -0.1) is 0 Å². The molecule has 2 rings (SSSR count). The molecule has 3 nitrogen and oxygen atoms in total. The Morgan fingerprint density at radius 3 is 2.15 bits per heavy atom. The summed E-state index contributed by atoms with van der Waals surface area (Å²) in [6.45, 7) is 13.3. The van der Waals surface area contributed by atoms with Crippen molar-refractivity contribution in [3.05, 3.63) is 17.5 Å². The van der Waals surface area contributed by atoms with Crippen LogP contribution in [0.1, 0.15) is 84.7 Å². The zero-order valence-corrected chi connectivity index (χ0v) is 13.9. The van der Waals surface area contributed by atoms with Gasteiger partial charge in [-0.25, -0.2) is 0 Å². The topological polar surface area (TPSA) is 38.0 Å². The van der Waals surface area contributed by atoms with Gasteiger partial charge < -0.3 is 5.11 Å². The van der Waals surface area contributed by atoms with E-state index in [0.717, 1.165) is 25.0 Å². The van der Waals surface area contributed by atoms with Gasteiger partial charge in [-0.2, -0.15) is 5.10 Å². The SMILES string of the molecule is CC(C)(C)c1cc(C(C)(C)C)n(C2CCCCC2O)n1. The minimum absolute atomic E-state index is 0.0465. The monoisotopic (exact) mass is 278 g/mol. The number of nitrogens with zero attached hydrogens (tertiary/aromatic N) is 2. The first-order valence-electron chi connectivity index (χ1n) is 7.89. The average molecular weight is 278 g/mol. The standard InChI is InChI=1S/C17H30N2O/c1-16(2,3)14-11-15(17(4,5)6)19(18-14)12-9-7-8-10-13(12)20/h11-13,20H,7-10H2,1-6H3. The number of aliphatic hydroxyl groups is 1. The zero-order valence-electron chi connectivity index (χ0n) is 13.9. The van der Waals surface area contributed by atoms with Crippen molar-refractivity contribution in [1.82, 2.24) is 9.78 Å². The van der Waals surface area contributed by atoms with Crippen molar-refractivity contribution >= 4 is 0 Å². The summed E-state index contributed by atoms with van der Waals surface area (Å²) in [6.07, 6.45) is 4.01. The molecule has 0 spiro atoms. The van der Waals surface area contributed by atoms with Crippen LogP contribution in [0.25, 0.3) is 0 Å². The van der Waals surface area contributed by atoms with Crippen LogP contribution < -0.4 is 0 Å².